The summed E-state index contributed by atoms with van der Waals surface area (Å²) >= 11 is 0. The molecule has 1 unspecified atom stereocenters. The van der Waals surface area contributed by atoms with Gasteiger partial charge in [0, 0.05) is 33.0 Å². The van der Waals surface area contributed by atoms with Crippen LogP contribution < -0.4 is 0 Å². The van der Waals surface area contributed by atoms with Crippen molar-refractivity contribution in [3.05, 3.63) is 0 Å². The zero-order chi connectivity index (χ0) is 27.0. The Morgan fingerprint density at radius 1 is 0.432 bits per heavy atom. The topological polar surface area (TPSA) is 55.4 Å². The average molecular weight is 531 g/mol. The molecule has 6 heteroatoms. The molecule has 1 saturated heterocycles. The third kappa shape index (κ3) is 15.8. The fourth-order valence-electron chi connectivity index (χ4n) is 4.63. The lowest BCUT2D eigenvalue weighted by atomic mass is 9.98. The van der Waals surface area contributed by atoms with E-state index in [2.05, 4.69) is 34.6 Å². The van der Waals surface area contributed by atoms with Crippen LogP contribution in [0, 0.1) is 0 Å². The van der Waals surface area contributed by atoms with Crippen molar-refractivity contribution < 1.29 is 28.4 Å². The number of ether oxygens (including phenoxy) is 6. The normalized spacial score (nSPS) is 24.1. The van der Waals surface area contributed by atoms with Gasteiger partial charge in [0.1, 0.15) is 24.4 Å². The van der Waals surface area contributed by atoms with Gasteiger partial charge in [-0.05, 0) is 32.1 Å². The van der Waals surface area contributed by atoms with Crippen LogP contribution in [-0.4, -0.2) is 70.3 Å². The summed E-state index contributed by atoms with van der Waals surface area (Å²) < 4.78 is 38.7. The summed E-state index contributed by atoms with van der Waals surface area (Å²) in [6.45, 7) is 15.1. The van der Waals surface area contributed by atoms with Crippen LogP contribution in [0.2, 0.25) is 0 Å². The Balaban J connectivity index is 3.05. The highest BCUT2D eigenvalue weighted by molar-refractivity contribution is 4.93. The maximum absolute atomic E-state index is 6.59. The molecule has 222 valence electrons. The monoisotopic (exact) mass is 530 g/mol. The number of unbranched alkanes of at least 4 members (excludes halogenated alkanes) is 10. The summed E-state index contributed by atoms with van der Waals surface area (Å²) in [5.74, 6) is 0. The fourth-order valence-corrected chi connectivity index (χ4v) is 4.63. The van der Waals surface area contributed by atoms with Crippen molar-refractivity contribution in [2.45, 2.75) is 162 Å². The molecular formula is C31H62O6. The van der Waals surface area contributed by atoms with Gasteiger partial charge in [-0.2, -0.15) is 0 Å². The SMILES string of the molecule is CCCCCOC[C@H]1OC(OCCCCC)[C@@H](OCCCCC)[C@@H](OCCCCC)[C@@H]1OCCCCC. The molecule has 0 bridgehead atoms. The van der Waals surface area contributed by atoms with E-state index in [-0.39, 0.29) is 24.4 Å². The minimum Gasteiger partial charge on any atom is -0.379 e. The molecule has 0 aromatic rings. The molecule has 1 heterocycles. The van der Waals surface area contributed by atoms with E-state index in [0.717, 1.165) is 70.8 Å². The van der Waals surface area contributed by atoms with Crippen molar-refractivity contribution in [3.8, 4) is 0 Å². The molecular weight excluding hydrogens is 468 g/mol. The second-order valence-electron chi connectivity index (χ2n) is 10.5. The predicted molar refractivity (Wildman–Crippen MR) is 152 cm³/mol. The maximum Gasteiger partial charge on any atom is 0.186 e. The van der Waals surface area contributed by atoms with Crippen LogP contribution in [0.3, 0.4) is 0 Å². The molecule has 0 amide bonds. The van der Waals surface area contributed by atoms with Crippen molar-refractivity contribution in [1.82, 2.24) is 0 Å². The number of rotatable bonds is 26. The molecule has 1 fully saturated rings. The van der Waals surface area contributed by atoms with Gasteiger partial charge >= 0.3 is 0 Å². The molecule has 0 saturated carbocycles. The Morgan fingerprint density at radius 2 is 0.838 bits per heavy atom. The quantitative estimate of drug-likeness (QED) is 0.106. The molecule has 1 aliphatic rings. The highest BCUT2D eigenvalue weighted by atomic mass is 16.7. The van der Waals surface area contributed by atoms with E-state index in [1.54, 1.807) is 0 Å². The van der Waals surface area contributed by atoms with E-state index >= 15 is 0 Å². The summed E-state index contributed by atoms with van der Waals surface area (Å²) in [5.41, 5.74) is 0. The van der Waals surface area contributed by atoms with Crippen molar-refractivity contribution in [2.24, 2.45) is 0 Å². The minimum atomic E-state index is -0.464. The first-order valence-electron chi connectivity index (χ1n) is 15.9. The van der Waals surface area contributed by atoms with E-state index in [0.29, 0.717) is 33.0 Å². The van der Waals surface area contributed by atoms with E-state index in [1.807, 2.05) is 0 Å². The summed E-state index contributed by atoms with van der Waals surface area (Å²) in [6.07, 6.45) is 15.4. The van der Waals surface area contributed by atoms with E-state index in [1.165, 1.54) is 32.1 Å². The van der Waals surface area contributed by atoms with Gasteiger partial charge in [-0.3, -0.25) is 0 Å². The Kier molecular flexibility index (Phi) is 23.3. The molecule has 0 spiro atoms. The molecule has 0 aliphatic carbocycles. The van der Waals surface area contributed by atoms with Crippen molar-refractivity contribution in [2.75, 3.05) is 39.6 Å². The van der Waals surface area contributed by atoms with Crippen molar-refractivity contribution >= 4 is 0 Å². The lowest BCUT2D eigenvalue weighted by molar-refractivity contribution is -0.323. The maximum atomic E-state index is 6.59. The van der Waals surface area contributed by atoms with Crippen LogP contribution in [0.25, 0.3) is 0 Å². The first kappa shape index (κ1) is 34.8. The third-order valence-corrected chi connectivity index (χ3v) is 6.97. The molecule has 1 rings (SSSR count). The Morgan fingerprint density at radius 3 is 1.32 bits per heavy atom. The van der Waals surface area contributed by atoms with Gasteiger partial charge in [0.2, 0.25) is 0 Å². The van der Waals surface area contributed by atoms with Crippen LogP contribution in [-0.2, 0) is 28.4 Å². The smallest absolute Gasteiger partial charge is 0.186 e. The highest BCUT2D eigenvalue weighted by Gasteiger charge is 2.48. The number of hydrogen-bond acceptors (Lipinski definition) is 6. The van der Waals surface area contributed by atoms with Crippen LogP contribution >= 0.6 is 0 Å². The second kappa shape index (κ2) is 24.8. The highest BCUT2D eigenvalue weighted by Crippen LogP contribution is 2.30. The first-order valence-corrected chi connectivity index (χ1v) is 15.9. The van der Waals surface area contributed by atoms with Crippen LogP contribution in [0.1, 0.15) is 131 Å². The van der Waals surface area contributed by atoms with Crippen molar-refractivity contribution in [3.63, 3.8) is 0 Å². The molecule has 1 aliphatic heterocycles. The summed E-state index contributed by atoms with van der Waals surface area (Å²) in [5, 5.41) is 0. The van der Waals surface area contributed by atoms with Gasteiger partial charge in [0.25, 0.3) is 0 Å². The second-order valence-corrected chi connectivity index (χ2v) is 10.5. The molecule has 0 N–H and O–H groups in total. The molecule has 0 aromatic heterocycles. The van der Waals surface area contributed by atoms with Gasteiger partial charge < -0.3 is 28.4 Å². The average Bonchev–Trinajstić information content (AvgIpc) is 2.91. The lowest BCUT2D eigenvalue weighted by Crippen LogP contribution is -2.62. The summed E-state index contributed by atoms with van der Waals surface area (Å²) in [6, 6.07) is 0. The predicted octanol–water partition coefficient (Wildman–Crippen LogP) is 7.85. The van der Waals surface area contributed by atoms with E-state index in [9.17, 15) is 0 Å². The zero-order valence-corrected chi connectivity index (χ0v) is 25.2. The van der Waals surface area contributed by atoms with Gasteiger partial charge in [-0.25, -0.2) is 0 Å². The van der Waals surface area contributed by atoms with Crippen LogP contribution in [0.5, 0.6) is 0 Å². The zero-order valence-electron chi connectivity index (χ0n) is 25.2. The minimum absolute atomic E-state index is 0.226. The van der Waals surface area contributed by atoms with Crippen LogP contribution in [0.4, 0.5) is 0 Å². The third-order valence-electron chi connectivity index (χ3n) is 6.97. The van der Waals surface area contributed by atoms with Gasteiger partial charge in [-0.1, -0.05) is 98.8 Å². The van der Waals surface area contributed by atoms with E-state index < -0.39 is 6.29 Å². The molecule has 0 aromatic carbocycles. The Bertz CT molecular complexity index is 477. The standard InChI is InChI=1S/C31H62O6/c1-6-11-16-21-32-26-27-28(33-22-17-12-7-2)29(34-23-18-13-8-3)30(35-24-19-14-9-4)31(37-27)36-25-20-15-10-5/h27-31H,6-26H2,1-5H3/t27-,28-,29+,30+,31?/m1/s1. The largest absolute Gasteiger partial charge is 0.379 e. The molecule has 6 nitrogen and oxygen atoms in total. The van der Waals surface area contributed by atoms with Crippen LogP contribution in [0.15, 0.2) is 0 Å². The Hall–Kier alpha value is -0.240. The summed E-state index contributed by atoms with van der Waals surface area (Å²) in [7, 11) is 0. The van der Waals surface area contributed by atoms with Crippen molar-refractivity contribution in [1.29, 1.82) is 0 Å². The molecule has 5 atom stereocenters. The summed E-state index contributed by atoms with van der Waals surface area (Å²) in [4.78, 5) is 0. The molecule has 0 radical (unpaired) electrons. The fraction of sp³-hybridized carbons (Fsp3) is 1.00. The molecule has 37 heavy (non-hydrogen) atoms. The Labute approximate surface area is 229 Å². The van der Waals surface area contributed by atoms with Gasteiger partial charge in [0.05, 0.1) is 6.61 Å². The lowest BCUT2D eigenvalue weighted by Gasteiger charge is -2.46. The van der Waals surface area contributed by atoms with E-state index in [4.69, 9.17) is 28.4 Å². The number of hydrogen-bond donors (Lipinski definition) is 0. The van der Waals surface area contributed by atoms with Gasteiger partial charge in [0.15, 0.2) is 6.29 Å². The van der Waals surface area contributed by atoms with Gasteiger partial charge in [-0.15, -0.1) is 0 Å². The first-order chi connectivity index (χ1) is 18.2.